The highest BCUT2D eigenvalue weighted by molar-refractivity contribution is 5.68. The zero-order chi connectivity index (χ0) is 10.8. The van der Waals surface area contributed by atoms with Crippen molar-refractivity contribution in [2.45, 2.75) is 57.5 Å². The maximum absolute atomic E-state index is 10.7. The molecule has 0 aromatic heterocycles. The van der Waals surface area contributed by atoms with Crippen LogP contribution in [0.4, 0.5) is 0 Å². The minimum atomic E-state index is -0.708. The predicted molar refractivity (Wildman–Crippen MR) is 56.4 cm³/mol. The molecule has 1 rings (SSSR count). The molecule has 3 heteroatoms. The Kier molecular flexibility index (Phi) is 3.53. The first-order valence-corrected chi connectivity index (χ1v) is 5.38. The summed E-state index contributed by atoms with van der Waals surface area (Å²) in [6, 6.07) is 0.587. The third-order valence-electron chi connectivity index (χ3n) is 3.41. The molecular formula is C11H21NO2. The quantitative estimate of drug-likeness (QED) is 0.754. The van der Waals surface area contributed by atoms with Gasteiger partial charge in [-0.2, -0.15) is 0 Å². The molecule has 1 aliphatic rings. The molecular weight excluding hydrogens is 178 g/mol. The summed E-state index contributed by atoms with van der Waals surface area (Å²) in [6.45, 7) is 4.03. The Morgan fingerprint density at radius 1 is 1.43 bits per heavy atom. The van der Waals surface area contributed by atoms with Crippen molar-refractivity contribution in [3.8, 4) is 0 Å². The van der Waals surface area contributed by atoms with E-state index < -0.39 is 5.97 Å². The van der Waals surface area contributed by atoms with Gasteiger partial charge in [-0.05, 0) is 33.7 Å². The summed E-state index contributed by atoms with van der Waals surface area (Å²) in [4.78, 5) is 13.0. The van der Waals surface area contributed by atoms with Crippen LogP contribution in [-0.2, 0) is 4.79 Å². The zero-order valence-corrected chi connectivity index (χ0v) is 9.42. The number of carbonyl (C=O) groups is 1. The van der Waals surface area contributed by atoms with Crippen molar-refractivity contribution < 1.29 is 9.90 Å². The van der Waals surface area contributed by atoms with Gasteiger partial charge in [-0.1, -0.05) is 12.8 Å². The van der Waals surface area contributed by atoms with E-state index in [4.69, 9.17) is 5.11 Å². The first kappa shape index (κ1) is 11.5. The number of nitrogens with zero attached hydrogens (tertiary/aromatic N) is 1. The topological polar surface area (TPSA) is 40.5 Å². The second-order valence-corrected chi connectivity index (χ2v) is 4.93. The van der Waals surface area contributed by atoms with Gasteiger partial charge in [0.2, 0.25) is 0 Å². The van der Waals surface area contributed by atoms with E-state index in [1.54, 1.807) is 0 Å². The molecule has 1 fully saturated rings. The Labute approximate surface area is 86.1 Å². The van der Waals surface area contributed by atoms with Crippen LogP contribution in [0.25, 0.3) is 0 Å². The molecule has 1 N–H and O–H groups in total. The van der Waals surface area contributed by atoms with Gasteiger partial charge in [-0.3, -0.25) is 9.69 Å². The molecule has 1 saturated carbocycles. The van der Waals surface area contributed by atoms with Crippen molar-refractivity contribution in [1.29, 1.82) is 0 Å². The summed E-state index contributed by atoms with van der Waals surface area (Å²) in [5.74, 6) is -0.708. The Morgan fingerprint density at radius 2 is 1.93 bits per heavy atom. The van der Waals surface area contributed by atoms with E-state index in [1.165, 1.54) is 25.7 Å². The van der Waals surface area contributed by atoms with Crippen LogP contribution in [0.1, 0.15) is 46.0 Å². The number of hydrogen-bond donors (Lipinski definition) is 1. The number of aliphatic carboxylic acids is 1. The second-order valence-electron chi connectivity index (χ2n) is 4.93. The summed E-state index contributed by atoms with van der Waals surface area (Å²) in [7, 11) is 2.05. The van der Waals surface area contributed by atoms with E-state index >= 15 is 0 Å². The van der Waals surface area contributed by atoms with Crippen molar-refractivity contribution in [3.63, 3.8) is 0 Å². The summed E-state index contributed by atoms with van der Waals surface area (Å²) in [6.07, 6.45) is 5.25. The Bertz CT molecular complexity index is 207. The Morgan fingerprint density at radius 3 is 2.36 bits per heavy atom. The molecule has 1 aliphatic carbocycles. The van der Waals surface area contributed by atoms with E-state index in [-0.39, 0.29) is 12.0 Å². The van der Waals surface area contributed by atoms with Crippen LogP contribution in [0.15, 0.2) is 0 Å². The zero-order valence-electron chi connectivity index (χ0n) is 9.42. The summed E-state index contributed by atoms with van der Waals surface area (Å²) >= 11 is 0. The standard InChI is InChI=1S/C11H21NO2/c1-11(2,8-10(13)14)12(3)9-6-4-5-7-9/h9H,4-8H2,1-3H3,(H,13,14). The first-order chi connectivity index (χ1) is 6.43. The molecule has 0 saturated heterocycles. The molecule has 0 spiro atoms. The summed E-state index contributed by atoms with van der Waals surface area (Å²) < 4.78 is 0. The lowest BCUT2D eigenvalue weighted by atomic mass is 9.96. The van der Waals surface area contributed by atoms with Crippen LogP contribution in [0, 0.1) is 0 Å². The largest absolute Gasteiger partial charge is 0.481 e. The SMILES string of the molecule is CN(C1CCCC1)C(C)(C)CC(=O)O. The van der Waals surface area contributed by atoms with Crippen LogP contribution < -0.4 is 0 Å². The molecule has 14 heavy (non-hydrogen) atoms. The lowest BCUT2D eigenvalue weighted by Crippen LogP contribution is -2.47. The van der Waals surface area contributed by atoms with Gasteiger partial charge in [0.15, 0.2) is 0 Å². The van der Waals surface area contributed by atoms with Crippen LogP contribution >= 0.6 is 0 Å². The highest BCUT2D eigenvalue weighted by atomic mass is 16.4. The molecule has 0 amide bonds. The number of hydrogen-bond acceptors (Lipinski definition) is 2. The van der Waals surface area contributed by atoms with E-state index in [0.717, 1.165) is 0 Å². The highest BCUT2D eigenvalue weighted by Crippen LogP contribution is 2.29. The van der Waals surface area contributed by atoms with Gasteiger partial charge < -0.3 is 5.11 Å². The van der Waals surface area contributed by atoms with Crippen molar-refractivity contribution in [1.82, 2.24) is 4.90 Å². The lowest BCUT2D eigenvalue weighted by Gasteiger charge is -2.38. The third-order valence-corrected chi connectivity index (χ3v) is 3.41. The van der Waals surface area contributed by atoms with Crippen LogP contribution in [0.5, 0.6) is 0 Å². The normalized spacial score (nSPS) is 19.1. The van der Waals surface area contributed by atoms with Crippen LogP contribution in [0.2, 0.25) is 0 Å². The monoisotopic (exact) mass is 199 g/mol. The molecule has 0 atom stereocenters. The van der Waals surface area contributed by atoms with Gasteiger partial charge in [-0.25, -0.2) is 0 Å². The van der Waals surface area contributed by atoms with Gasteiger partial charge in [0.25, 0.3) is 0 Å². The molecule has 0 heterocycles. The minimum absolute atomic E-state index is 0.221. The van der Waals surface area contributed by atoms with E-state index in [2.05, 4.69) is 11.9 Å². The van der Waals surface area contributed by atoms with Crippen molar-refractivity contribution >= 4 is 5.97 Å². The van der Waals surface area contributed by atoms with Gasteiger partial charge >= 0.3 is 5.97 Å². The van der Waals surface area contributed by atoms with Crippen LogP contribution in [-0.4, -0.2) is 34.6 Å². The smallest absolute Gasteiger partial charge is 0.305 e. The molecule has 3 nitrogen and oxygen atoms in total. The fourth-order valence-electron chi connectivity index (χ4n) is 2.28. The minimum Gasteiger partial charge on any atom is -0.481 e. The second kappa shape index (κ2) is 4.30. The highest BCUT2D eigenvalue weighted by Gasteiger charge is 2.32. The molecule has 0 bridgehead atoms. The molecule has 0 radical (unpaired) electrons. The Balaban J connectivity index is 2.55. The molecule has 0 unspecified atom stereocenters. The van der Waals surface area contributed by atoms with Crippen molar-refractivity contribution in [2.75, 3.05) is 7.05 Å². The molecule has 0 aromatic rings. The van der Waals surface area contributed by atoms with Crippen LogP contribution in [0.3, 0.4) is 0 Å². The summed E-state index contributed by atoms with van der Waals surface area (Å²) in [5, 5.41) is 8.81. The average molecular weight is 199 g/mol. The van der Waals surface area contributed by atoms with E-state index in [1.807, 2.05) is 13.8 Å². The average Bonchev–Trinajstić information content (AvgIpc) is 2.51. The maximum Gasteiger partial charge on any atom is 0.305 e. The lowest BCUT2D eigenvalue weighted by molar-refractivity contribution is -0.140. The predicted octanol–water partition coefficient (Wildman–Crippen LogP) is 2.11. The first-order valence-electron chi connectivity index (χ1n) is 5.38. The van der Waals surface area contributed by atoms with Gasteiger partial charge in [0.05, 0.1) is 6.42 Å². The number of rotatable bonds is 4. The summed E-state index contributed by atoms with van der Waals surface area (Å²) in [5.41, 5.74) is -0.221. The maximum atomic E-state index is 10.7. The van der Waals surface area contributed by atoms with E-state index in [9.17, 15) is 4.79 Å². The van der Waals surface area contributed by atoms with Gasteiger partial charge in [0, 0.05) is 11.6 Å². The van der Waals surface area contributed by atoms with E-state index in [0.29, 0.717) is 6.04 Å². The van der Waals surface area contributed by atoms with Gasteiger partial charge in [-0.15, -0.1) is 0 Å². The number of carboxylic acids is 1. The third kappa shape index (κ3) is 2.71. The number of carboxylic acid groups (broad SMARTS) is 1. The molecule has 0 aliphatic heterocycles. The molecule has 0 aromatic carbocycles. The van der Waals surface area contributed by atoms with Crippen molar-refractivity contribution in [3.05, 3.63) is 0 Å². The Hall–Kier alpha value is -0.570. The van der Waals surface area contributed by atoms with Gasteiger partial charge in [0.1, 0.15) is 0 Å². The fraction of sp³-hybridized carbons (Fsp3) is 0.909. The fourth-order valence-corrected chi connectivity index (χ4v) is 2.28. The van der Waals surface area contributed by atoms with Crippen molar-refractivity contribution in [2.24, 2.45) is 0 Å². The molecule has 82 valence electrons.